The lowest BCUT2D eigenvalue weighted by Crippen LogP contribution is -2.19. The molecule has 0 aliphatic rings. The van der Waals surface area contributed by atoms with E-state index in [0.29, 0.717) is 35.3 Å². The zero-order valence-corrected chi connectivity index (χ0v) is 21.4. The van der Waals surface area contributed by atoms with Gasteiger partial charge in [-0.05, 0) is 35.8 Å². The lowest BCUT2D eigenvalue weighted by atomic mass is 9.84. The Hall–Kier alpha value is -3.13. The number of carbonyl (C=O) groups excluding carboxylic acids is 2. The molecular weight excluding hydrogens is 448 g/mol. The number of primary amides is 1. The second-order valence-electron chi connectivity index (χ2n) is 9.91. The van der Waals surface area contributed by atoms with Crippen LogP contribution in [0.15, 0.2) is 47.5 Å². The summed E-state index contributed by atoms with van der Waals surface area (Å²) in [5, 5.41) is 2.87. The largest absolute Gasteiger partial charge is 0.491 e. The number of fused-ring (bicyclic) bond motifs is 1. The number of rotatable bonds is 8. The average molecular weight is 483 g/mol. The number of hydrogen-bond acceptors (Lipinski definition) is 4. The molecule has 2 aromatic carbocycles. The van der Waals surface area contributed by atoms with Crippen LogP contribution >= 0.6 is 11.3 Å². The van der Waals surface area contributed by atoms with Gasteiger partial charge in [-0.15, -0.1) is 0 Å². The zero-order chi connectivity index (χ0) is 24.9. The minimum absolute atomic E-state index is 0.180. The standard InChI is InChI=1S/C26H34N4O3S/c1-17(15-26(3,4)5)11-12-33-22-14-21-23(13-20(22)28-18(2)31)34-25(29-24(27)32)30(21)16-19-9-7-6-8-10-19/h6-10,13-14,17H,11-12,15-16H2,1-5H3,(H2,27,32)(H,28,31). The van der Waals surface area contributed by atoms with Crippen molar-refractivity contribution in [3.8, 4) is 5.75 Å². The van der Waals surface area contributed by atoms with Crippen LogP contribution in [0.3, 0.4) is 0 Å². The number of nitrogens with zero attached hydrogens (tertiary/aromatic N) is 2. The summed E-state index contributed by atoms with van der Waals surface area (Å²) in [5.41, 5.74) is 8.17. The molecule has 34 heavy (non-hydrogen) atoms. The first kappa shape index (κ1) is 25.5. The van der Waals surface area contributed by atoms with E-state index >= 15 is 0 Å². The topological polar surface area (TPSA) is 98.7 Å². The normalized spacial score (nSPS) is 13.1. The maximum Gasteiger partial charge on any atom is 0.341 e. The predicted molar refractivity (Wildman–Crippen MR) is 138 cm³/mol. The van der Waals surface area contributed by atoms with Gasteiger partial charge in [0, 0.05) is 13.0 Å². The van der Waals surface area contributed by atoms with Gasteiger partial charge in [0.1, 0.15) is 5.75 Å². The highest BCUT2D eigenvalue weighted by molar-refractivity contribution is 7.16. The van der Waals surface area contributed by atoms with Crippen LogP contribution in [0.1, 0.15) is 53.0 Å². The first-order valence-electron chi connectivity index (χ1n) is 11.5. The number of nitrogens with one attached hydrogen (secondary N) is 1. The average Bonchev–Trinajstić information content (AvgIpc) is 3.02. The molecule has 1 atom stereocenters. The minimum atomic E-state index is -0.750. The van der Waals surface area contributed by atoms with Crippen LogP contribution in [0.5, 0.6) is 5.75 Å². The summed E-state index contributed by atoms with van der Waals surface area (Å²) in [6.07, 6.45) is 2.01. The molecule has 1 aromatic heterocycles. The van der Waals surface area contributed by atoms with E-state index in [1.807, 2.05) is 47.0 Å². The van der Waals surface area contributed by atoms with E-state index in [1.54, 1.807) is 0 Å². The summed E-state index contributed by atoms with van der Waals surface area (Å²) >= 11 is 1.35. The molecule has 3 amide bonds. The monoisotopic (exact) mass is 482 g/mol. The van der Waals surface area contributed by atoms with E-state index in [4.69, 9.17) is 10.5 Å². The maximum absolute atomic E-state index is 11.9. The number of carbonyl (C=O) groups is 2. The summed E-state index contributed by atoms with van der Waals surface area (Å²) in [7, 11) is 0. The number of urea groups is 1. The van der Waals surface area contributed by atoms with Gasteiger partial charge in [-0.1, -0.05) is 69.4 Å². The Morgan fingerprint density at radius 3 is 2.53 bits per heavy atom. The van der Waals surface area contributed by atoms with Gasteiger partial charge in [-0.25, -0.2) is 4.79 Å². The predicted octanol–water partition coefficient (Wildman–Crippen LogP) is 5.53. The van der Waals surface area contributed by atoms with Gasteiger partial charge in [0.15, 0.2) is 4.80 Å². The third kappa shape index (κ3) is 7.18. The highest BCUT2D eigenvalue weighted by Crippen LogP contribution is 2.33. The number of benzene rings is 2. The van der Waals surface area contributed by atoms with Crippen molar-refractivity contribution in [3.63, 3.8) is 0 Å². The lowest BCUT2D eigenvalue weighted by Gasteiger charge is -2.23. The van der Waals surface area contributed by atoms with Crippen LogP contribution < -0.4 is 20.6 Å². The summed E-state index contributed by atoms with van der Waals surface area (Å²) in [6, 6.07) is 13.0. The van der Waals surface area contributed by atoms with E-state index < -0.39 is 6.03 Å². The Morgan fingerprint density at radius 1 is 1.21 bits per heavy atom. The van der Waals surface area contributed by atoms with Crippen molar-refractivity contribution in [2.75, 3.05) is 11.9 Å². The molecule has 0 aliphatic heterocycles. The van der Waals surface area contributed by atoms with Crippen molar-refractivity contribution in [2.24, 2.45) is 22.1 Å². The quantitative estimate of drug-likeness (QED) is 0.441. The van der Waals surface area contributed by atoms with Crippen LogP contribution in [0.25, 0.3) is 10.2 Å². The fraction of sp³-hybridized carbons (Fsp3) is 0.423. The molecular formula is C26H34N4O3S. The number of hydrogen-bond donors (Lipinski definition) is 2. The molecule has 0 saturated carbocycles. The van der Waals surface area contributed by atoms with Gasteiger partial charge >= 0.3 is 6.03 Å². The van der Waals surface area contributed by atoms with Crippen LogP contribution in [0.4, 0.5) is 10.5 Å². The molecule has 7 nitrogen and oxygen atoms in total. The fourth-order valence-corrected chi connectivity index (χ4v) is 5.17. The van der Waals surface area contributed by atoms with Crippen molar-refractivity contribution < 1.29 is 14.3 Å². The first-order valence-corrected chi connectivity index (χ1v) is 12.3. The fourth-order valence-electron chi connectivity index (χ4n) is 4.12. The van der Waals surface area contributed by atoms with Gasteiger partial charge < -0.3 is 20.4 Å². The minimum Gasteiger partial charge on any atom is -0.491 e. The van der Waals surface area contributed by atoms with Gasteiger partial charge in [0.2, 0.25) is 5.91 Å². The summed E-state index contributed by atoms with van der Waals surface area (Å²) in [6.45, 7) is 11.5. The van der Waals surface area contributed by atoms with Crippen LogP contribution in [-0.2, 0) is 11.3 Å². The molecule has 0 radical (unpaired) electrons. The van der Waals surface area contributed by atoms with Crippen molar-refractivity contribution in [2.45, 2.75) is 54.0 Å². The van der Waals surface area contributed by atoms with Crippen molar-refractivity contribution in [3.05, 3.63) is 52.8 Å². The van der Waals surface area contributed by atoms with Crippen LogP contribution in [0.2, 0.25) is 0 Å². The molecule has 182 valence electrons. The second kappa shape index (κ2) is 10.9. The summed E-state index contributed by atoms with van der Waals surface area (Å²) in [4.78, 5) is 28.0. The number of thiazole rings is 1. The maximum atomic E-state index is 11.9. The van der Waals surface area contributed by atoms with Gasteiger partial charge in [0.05, 0.1) is 29.1 Å². The summed E-state index contributed by atoms with van der Waals surface area (Å²) < 4.78 is 9.00. The Balaban J connectivity index is 2.00. The van der Waals surface area contributed by atoms with E-state index in [9.17, 15) is 9.59 Å². The van der Waals surface area contributed by atoms with E-state index in [1.165, 1.54) is 18.3 Å². The molecule has 3 aromatic rings. The SMILES string of the molecule is CC(=O)Nc1cc2sc(=NC(N)=O)n(Cc3ccccc3)c2cc1OCCC(C)CC(C)(C)C. The Morgan fingerprint density at radius 2 is 1.91 bits per heavy atom. The van der Waals surface area contributed by atoms with Crippen molar-refractivity contribution in [1.82, 2.24) is 4.57 Å². The number of nitrogens with two attached hydrogens (primary N) is 1. The van der Waals surface area contributed by atoms with Crippen molar-refractivity contribution >= 4 is 39.2 Å². The third-order valence-electron chi connectivity index (χ3n) is 5.31. The lowest BCUT2D eigenvalue weighted by molar-refractivity contribution is -0.114. The molecule has 0 aliphatic carbocycles. The number of anilines is 1. The molecule has 8 heteroatoms. The summed E-state index contributed by atoms with van der Waals surface area (Å²) in [5.74, 6) is 0.926. The van der Waals surface area contributed by atoms with Gasteiger partial charge in [0.25, 0.3) is 0 Å². The van der Waals surface area contributed by atoms with E-state index in [2.05, 4.69) is 38.0 Å². The number of ether oxygens (including phenoxy) is 1. The van der Waals surface area contributed by atoms with Gasteiger partial charge in [-0.2, -0.15) is 4.99 Å². The molecule has 1 heterocycles. The smallest absolute Gasteiger partial charge is 0.341 e. The highest BCUT2D eigenvalue weighted by atomic mass is 32.1. The van der Waals surface area contributed by atoms with Crippen molar-refractivity contribution in [1.29, 1.82) is 0 Å². The zero-order valence-electron chi connectivity index (χ0n) is 20.6. The Labute approximate surface area is 204 Å². The Bertz CT molecular complexity index is 1220. The highest BCUT2D eigenvalue weighted by Gasteiger charge is 2.17. The Kier molecular flexibility index (Phi) is 8.15. The molecule has 0 fully saturated rings. The van der Waals surface area contributed by atoms with E-state index in [-0.39, 0.29) is 11.3 Å². The first-order chi connectivity index (χ1) is 16.0. The molecule has 0 spiro atoms. The molecule has 3 N–H and O–H groups in total. The van der Waals surface area contributed by atoms with Crippen LogP contribution in [-0.4, -0.2) is 23.1 Å². The molecule has 0 bridgehead atoms. The molecule has 3 rings (SSSR count). The number of amides is 3. The molecule has 1 unspecified atom stereocenters. The van der Waals surface area contributed by atoms with E-state index in [0.717, 1.165) is 28.6 Å². The van der Waals surface area contributed by atoms with Crippen LogP contribution in [0, 0.1) is 11.3 Å². The second-order valence-corrected chi connectivity index (χ2v) is 10.9. The molecule has 0 saturated heterocycles. The number of aromatic nitrogens is 1. The third-order valence-corrected chi connectivity index (χ3v) is 6.35. The van der Waals surface area contributed by atoms with Gasteiger partial charge in [-0.3, -0.25) is 4.79 Å².